The van der Waals surface area contributed by atoms with E-state index in [1.165, 1.54) is 50.7 Å². The Morgan fingerprint density at radius 1 is 0.688 bits per heavy atom. The van der Waals surface area contributed by atoms with Crippen LogP contribution in [0, 0.1) is 20.8 Å². The highest BCUT2D eigenvalue weighted by molar-refractivity contribution is 5.90. The molecule has 1 aromatic heterocycles. The molecule has 0 saturated heterocycles. The van der Waals surface area contributed by atoms with E-state index in [9.17, 15) is 0 Å². The summed E-state index contributed by atoms with van der Waals surface area (Å²) in [5.41, 5.74) is 11.3. The lowest BCUT2D eigenvalue weighted by Crippen LogP contribution is -2.36. The van der Waals surface area contributed by atoms with Crippen molar-refractivity contribution in [2.75, 3.05) is 9.80 Å². The molecule has 3 heteroatoms. The normalized spacial score (nSPS) is 15.2. The van der Waals surface area contributed by atoms with Crippen molar-refractivity contribution in [3.05, 3.63) is 102 Å². The maximum Gasteiger partial charge on any atom is 0.212 e. The fourth-order valence-electron chi connectivity index (χ4n) is 4.96. The molecule has 0 bridgehead atoms. The second-order valence-electron chi connectivity index (χ2n) is 8.85. The van der Waals surface area contributed by atoms with Crippen LogP contribution in [0.25, 0.3) is 11.3 Å². The van der Waals surface area contributed by atoms with E-state index >= 15 is 0 Å². The number of aromatic nitrogens is 1. The molecule has 160 valence electrons. The Morgan fingerprint density at radius 2 is 1.34 bits per heavy atom. The minimum atomic E-state index is 0.161. The molecule has 0 aliphatic carbocycles. The van der Waals surface area contributed by atoms with E-state index < -0.39 is 0 Å². The van der Waals surface area contributed by atoms with Crippen molar-refractivity contribution < 1.29 is 4.57 Å². The minimum absolute atomic E-state index is 0.161. The summed E-state index contributed by atoms with van der Waals surface area (Å²) >= 11 is 0. The van der Waals surface area contributed by atoms with Crippen LogP contribution in [-0.4, -0.2) is 6.17 Å². The van der Waals surface area contributed by atoms with Crippen LogP contribution in [0.5, 0.6) is 0 Å². The molecule has 0 unspecified atom stereocenters. The zero-order valence-electron chi connectivity index (χ0n) is 19.5. The molecular weight excluding hydrogens is 390 g/mol. The first-order chi connectivity index (χ1) is 15.5. The summed E-state index contributed by atoms with van der Waals surface area (Å²) in [6.45, 7) is 8.91. The largest absolute Gasteiger partial charge is 0.319 e. The SMILES string of the molecule is Cc1cc(-c2cc(C)cc[n+]2C)c(C)c(N2c3ccccc3N(c3ccccc3)[C@H]2C)c1. The molecule has 2 heterocycles. The number of aryl methyl sites for hydroxylation is 3. The first-order valence-electron chi connectivity index (χ1n) is 11.3. The van der Waals surface area contributed by atoms with Crippen molar-refractivity contribution in [3.8, 4) is 11.3 Å². The van der Waals surface area contributed by atoms with E-state index in [4.69, 9.17) is 0 Å². The molecule has 5 rings (SSSR count). The molecule has 1 aliphatic rings. The van der Waals surface area contributed by atoms with Crippen molar-refractivity contribution >= 4 is 22.7 Å². The lowest BCUT2D eigenvalue weighted by molar-refractivity contribution is -0.660. The Kier molecular flexibility index (Phi) is 4.97. The zero-order chi connectivity index (χ0) is 22.4. The van der Waals surface area contributed by atoms with Crippen LogP contribution < -0.4 is 14.4 Å². The Balaban J connectivity index is 1.70. The highest BCUT2D eigenvalue weighted by Gasteiger charge is 2.35. The van der Waals surface area contributed by atoms with Gasteiger partial charge in [0.25, 0.3) is 0 Å². The van der Waals surface area contributed by atoms with E-state index in [0.717, 1.165) is 0 Å². The molecule has 32 heavy (non-hydrogen) atoms. The second kappa shape index (κ2) is 7.83. The number of benzene rings is 3. The first-order valence-corrected chi connectivity index (χ1v) is 11.3. The summed E-state index contributed by atoms with van der Waals surface area (Å²) in [6.07, 6.45) is 2.31. The Bertz CT molecular complexity index is 1290. The van der Waals surface area contributed by atoms with Gasteiger partial charge in [-0.3, -0.25) is 0 Å². The fourth-order valence-corrected chi connectivity index (χ4v) is 4.96. The van der Waals surface area contributed by atoms with E-state index in [1.54, 1.807) is 0 Å². The first kappa shape index (κ1) is 20.3. The van der Waals surface area contributed by atoms with Gasteiger partial charge in [-0.1, -0.05) is 30.3 Å². The number of nitrogens with zero attached hydrogens (tertiary/aromatic N) is 3. The molecule has 0 N–H and O–H groups in total. The predicted molar refractivity (Wildman–Crippen MR) is 134 cm³/mol. The van der Waals surface area contributed by atoms with Crippen LogP contribution in [0.15, 0.2) is 85.1 Å². The number of hydrogen-bond acceptors (Lipinski definition) is 2. The van der Waals surface area contributed by atoms with E-state index in [1.807, 2.05) is 0 Å². The second-order valence-corrected chi connectivity index (χ2v) is 8.85. The summed E-state index contributed by atoms with van der Waals surface area (Å²) in [7, 11) is 2.13. The molecular formula is C29H30N3+. The quantitative estimate of drug-likeness (QED) is 0.340. The Labute approximate surface area is 191 Å². The van der Waals surface area contributed by atoms with E-state index in [0.29, 0.717) is 0 Å². The summed E-state index contributed by atoms with van der Waals surface area (Å²) in [5, 5.41) is 0. The number of rotatable bonds is 3. The van der Waals surface area contributed by atoms with Crippen molar-refractivity contribution in [2.24, 2.45) is 7.05 Å². The van der Waals surface area contributed by atoms with E-state index in [-0.39, 0.29) is 6.17 Å². The summed E-state index contributed by atoms with van der Waals surface area (Å²) < 4.78 is 2.22. The standard InChI is InChI=1S/C29H30N3/c1-20-15-16-30(5)29(18-20)25-17-21(2)19-28(22(25)3)32-23(4)31(24-11-7-6-8-12-24)26-13-9-10-14-27(26)32/h6-19,23H,1-5H3/q+1/t23-/m1/s1. The van der Waals surface area contributed by atoms with Crippen LogP contribution in [0.1, 0.15) is 23.6 Å². The number of hydrogen-bond donors (Lipinski definition) is 0. The van der Waals surface area contributed by atoms with Crippen molar-refractivity contribution in [1.82, 2.24) is 0 Å². The Morgan fingerprint density at radius 3 is 2.06 bits per heavy atom. The number of pyridine rings is 1. The average Bonchev–Trinajstić information content (AvgIpc) is 3.09. The lowest BCUT2D eigenvalue weighted by atomic mass is 9.98. The molecule has 0 radical (unpaired) electrons. The lowest BCUT2D eigenvalue weighted by Gasteiger charge is -2.32. The molecule has 1 atom stereocenters. The predicted octanol–water partition coefficient (Wildman–Crippen LogP) is 6.74. The smallest absolute Gasteiger partial charge is 0.212 e. The molecule has 0 fully saturated rings. The van der Waals surface area contributed by atoms with Crippen LogP contribution in [0.4, 0.5) is 22.7 Å². The van der Waals surface area contributed by atoms with Gasteiger partial charge in [0.1, 0.15) is 13.2 Å². The van der Waals surface area contributed by atoms with Crippen molar-refractivity contribution in [1.29, 1.82) is 0 Å². The topological polar surface area (TPSA) is 10.4 Å². The monoisotopic (exact) mass is 420 g/mol. The van der Waals surface area contributed by atoms with Gasteiger partial charge in [0.15, 0.2) is 6.20 Å². The molecule has 3 aromatic carbocycles. The summed E-state index contributed by atoms with van der Waals surface area (Å²) in [5.74, 6) is 0. The van der Waals surface area contributed by atoms with Gasteiger partial charge in [0.2, 0.25) is 5.69 Å². The molecule has 0 saturated carbocycles. The number of para-hydroxylation sites is 3. The maximum absolute atomic E-state index is 2.49. The average molecular weight is 421 g/mol. The fraction of sp³-hybridized carbons (Fsp3) is 0.207. The van der Waals surface area contributed by atoms with Crippen LogP contribution in [0.3, 0.4) is 0 Å². The molecule has 4 aromatic rings. The van der Waals surface area contributed by atoms with Gasteiger partial charge < -0.3 is 9.80 Å². The third-order valence-electron chi connectivity index (χ3n) is 6.55. The van der Waals surface area contributed by atoms with Crippen molar-refractivity contribution in [3.63, 3.8) is 0 Å². The number of fused-ring (bicyclic) bond motifs is 1. The Hall–Kier alpha value is -3.59. The number of anilines is 4. The molecule has 0 amide bonds. The zero-order valence-corrected chi connectivity index (χ0v) is 19.5. The van der Waals surface area contributed by atoms with Crippen LogP contribution in [0.2, 0.25) is 0 Å². The highest BCUT2D eigenvalue weighted by Crippen LogP contribution is 2.49. The maximum atomic E-state index is 2.49. The highest BCUT2D eigenvalue weighted by atomic mass is 15.4. The van der Waals surface area contributed by atoms with Gasteiger partial charge in [-0.2, -0.15) is 0 Å². The van der Waals surface area contributed by atoms with Gasteiger partial charge in [-0.15, -0.1) is 0 Å². The van der Waals surface area contributed by atoms with Gasteiger partial charge in [-0.05, 0) is 80.8 Å². The van der Waals surface area contributed by atoms with Crippen molar-refractivity contribution in [2.45, 2.75) is 33.9 Å². The van der Waals surface area contributed by atoms with Crippen LogP contribution in [-0.2, 0) is 7.05 Å². The van der Waals surface area contributed by atoms with Gasteiger partial charge in [-0.25, -0.2) is 4.57 Å². The third-order valence-corrected chi connectivity index (χ3v) is 6.55. The minimum Gasteiger partial charge on any atom is -0.319 e. The van der Waals surface area contributed by atoms with Gasteiger partial charge in [0, 0.05) is 23.5 Å². The third kappa shape index (κ3) is 3.25. The summed E-state index contributed by atoms with van der Waals surface area (Å²) in [6, 6.07) is 28.5. The van der Waals surface area contributed by atoms with Gasteiger partial charge in [0.05, 0.1) is 16.9 Å². The molecule has 1 aliphatic heterocycles. The molecule has 3 nitrogen and oxygen atoms in total. The molecule has 0 spiro atoms. The van der Waals surface area contributed by atoms with E-state index in [2.05, 4.69) is 134 Å². The van der Waals surface area contributed by atoms with Crippen LogP contribution >= 0.6 is 0 Å². The summed E-state index contributed by atoms with van der Waals surface area (Å²) in [4.78, 5) is 4.92. The van der Waals surface area contributed by atoms with Gasteiger partial charge >= 0.3 is 0 Å².